The molecule has 0 aliphatic rings. The Morgan fingerprint density at radius 3 is 2.79 bits per heavy atom. The summed E-state index contributed by atoms with van der Waals surface area (Å²) in [4.78, 5) is 0. The van der Waals surface area contributed by atoms with E-state index in [1.54, 1.807) is 0 Å². The van der Waals surface area contributed by atoms with Crippen LogP contribution < -0.4 is 5.73 Å². The molecule has 0 saturated heterocycles. The van der Waals surface area contributed by atoms with Gasteiger partial charge in [-0.25, -0.2) is 4.68 Å². The summed E-state index contributed by atoms with van der Waals surface area (Å²) in [5.74, 6) is 0.908. The minimum Gasteiger partial charge on any atom is -0.330 e. The molecule has 0 amide bonds. The molecule has 0 saturated carbocycles. The Morgan fingerprint density at radius 2 is 2.21 bits per heavy atom. The summed E-state index contributed by atoms with van der Waals surface area (Å²) in [5.41, 5.74) is 6.85. The first-order chi connectivity index (χ1) is 6.70. The van der Waals surface area contributed by atoms with Gasteiger partial charge in [0, 0.05) is 12.5 Å². The largest absolute Gasteiger partial charge is 0.330 e. The van der Waals surface area contributed by atoms with E-state index in [0.717, 1.165) is 13.0 Å². The lowest BCUT2D eigenvalue weighted by Crippen LogP contribution is -2.19. The van der Waals surface area contributed by atoms with Crippen LogP contribution >= 0.6 is 0 Å². The van der Waals surface area contributed by atoms with E-state index in [0.29, 0.717) is 18.4 Å². The third kappa shape index (κ3) is 2.32. The lowest BCUT2D eigenvalue weighted by atomic mass is 9.93. The van der Waals surface area contributed by atoms with E-state index in [2.05, 4.69) is 31.1 Å². The van der Waals surface area contributed by atoms with E-state index < -0.39 is 0 Å². The summed E-state index contributed by atoms with van der Waals surface area (Å²) in [6.07, 6.45) is 2.94. The van der Waals surface area contributed by atoms with Crippen molar-refractivity contribution in [2.24, 2.45) is 11.7 Å². The molecular formula is C10H20N4. The van der Waals surface area contributed by atoms with Crippen LogP contribution in [0.2, 0.25) is 0 Å². The van der Waals surface area contributed by atoms with Gasteiger partial charge in [0.2, 0.25) is 0 Å². The fraction of sp³-hybridized carbons (Fsp3) is 0.800. The number of hydrogen-bond acceptors (Lipinski definition) is 3. The van der Waals surface area contributed by atoms with Crippen LogP contribution in [-0.2, 0) is 6.54 Å². The van der Waals surface area contributed by atoms with Gasteiger partial charge in [0.05, 0.1) is 11.9 Å². The Kier molecular flexibility index (Phi) is 4.07. The Hall–Kier alpha value is -0.900. The number of aromatic nitrogens is 3. The highest BCUT2D eigenvalue weighted by molar-refractivity contribution is 5.03. The lowest BCUT2D eigenvalue weighted by Gasteiger charge is -2.18. The lowest BCUT2D eigenvalue weighted by molar-refractivity contribution is 0.450. The van der Waals surface area contributed by atoms with E-state index in [-0.39, 0.29) is 0 Å². The fourth-order valence-electron chi connectivity index (χ4n) is 1.50. The van der Waals surface area contributed by atoms with Gasteiger partial charge in [-0.15, -0.1) is 5.10 Å². The molecule has 0 aliphatic heterocycles. The SMILES string of the molecule is CCCn1nncc1C(C)C(C)CN. The van der Waals surface area contributed by atoms with Gasteiger partial charge in [0.1, 0.15) is 0 Å². The van der Waals surface area contributed by atoms with Crippen molar-refractivity contribution in [3.05, 3.63) is 11.9 Å². The number of nitrogens with zero attached hydrogens (tertiary/aromatic N) is 3. The van der Waals surface area contributed by atoms with E-state index in [4.69, 9.17) is 5.73 Å². The van der Waals surface area contributed by atoms with Crippen molar-refractivity contribution in [3.63, 3.8) is 0 Å². The molecule has 0 spiro atoms. The van der Waals surface area contributed by atoms with Crippen LogP contribution in [0.25, 0.3) is 0 Å². The maximum atomic E-state index is 5.65. The van der Waals surface area contributed by atoms with Crippen molar-refractivity contribution in [3.8, 4) is 0 Å². The Bertz CT molecular complexity index is 269. The van der Waals surface area contributed by atoms with Crippen molar-refractivity contribution in [2.45, 2.75) is 39.7 Å². The summed E-state index contributed by atoms with van der Waals surface area (Å²) in [5, 5.41) is 8.02. The summed E-state index contributed by atoms with van der Waals surface area (Å²) in [6, 6.07) is 0. The fourth-order valence-corrected chi connectivity index (χ4v) is 1.50. The monoisotopic (exact) mass is 196 g/mol. The molecule has 4 heteroatoms. The number of aryl methyl sites for hydroxylation is 1. The van der Waals surface area contributed by atoms with Crippen molar-refractivity contribution in [1.82, 2.24) is 15.0 Å². The van der Waals surface area contributed by atoms with Crippen LogP contribution in [0.5, 0.6) is 0 Å². The molecular weight excluding hydrogens is 176 g/mol. The zero-order valence-electron chi connectivity index (χ0n) is 9.27. The first-order valence-corrected chi connectivity index (χ1v) is 5.29. The quantitative estimate of drug-likeness (QED) is 0.774. The van der Waals surface area contributed by atoms with Crippen molar-refractivity contribution in [2.75, 3.05) is 6.54 Å². The molecule has 4 nitrogen and oxygen atoms in total. The third-order valence-electron chi connectivity index (χ3n) is 2.77. The summed E-state index contributed by atoms with van der Waals surface area (Å²) in [7, 11) is 0. The molecule has 2 unspecified atom stereocenters. The Balaban J connectivity index is 2.77. The van der Waals surface area contributed by atoms with Gasteiger partial charge in [0.25, 0.3) is 0 Å². The van der Waals surface area contributed by atoms with Crippen LogP contribution in [0.3, 0.4) is 0 Å². The first-order valence-electron chi connectivity index (χ1n) is 5.29. The molecule has 80 valence electrons. The maximum Gasteiger partial charge on any atom is 0.0728 e. The van der Waals surface area contributed by atoms with E-state index >= 15 is 0 Å². The molecule has 1 aromatic heterocycles. The van der Waals surface area contributed by atoms with E-state index in [1.807, 2.05) is 10.9 Å². The van der Waals surface area contributed by atoms with Gasteiger partial charge in [-0.2, -0.15) is 0 Å². The van der Waals surface area contributed by atoms with Crippen molar-refractivity contribution in [1.29, 1.82) is 0 Å². The second kappa shape index (κ2) is 5.10. The van der Waals surface area contributed by atoms with Crippen molar-refractivity contribution >= 4 is 0 Å². The van der Waals surface area contributed by atoms with Gasteiger partial charge in [-0.05, 0) is 18.9 Å². The van der Waals surface area contributed by atoms with Gasteiger partial charge in [0.15, 0.2) is 0 Å². The highest BCUT2D eigenvalue weighted by Gasteiger charge is 2.17. The topological polar surface area (TPSA) is 56.7 Å². The predicted molar refractivity (Wildman–Crippen MR) is 56.9 cm³/mol. The molecule has 1 heterocycles. The van der Waals surface area contributed by atoms with Gasteiger partial charge < -0.3 is 5.73 Å². The van der Waals surface area contributed by atoms with Crippen molar-refractivity contribution < 1.29 is 0 Å². The molecule has 1 aromatic rings. The Labute approximate surface area is 85.5 Å². The van der Waals surface area contributed by atoms with Gasteiger partial charge in [-0.3, -0.25) is 0 Å². The molecule has 2 atom stereocenters. The second-order valence-electron chi connectivity index (χ2n) is 3.88. The Morgan fingerprint density at radius 1 is 1.50 bits per heavy atom. The van der Waals surface area contributed by atoms with Crippen LogP contribution in [0.1, 0.15) is 38.8 Å². The predicted octanol–water partition coefficient (Wildman–Crippen LogP) is 1.39. The standard InChI is InChI=1S/C10H20N4/c1-4-5-14-10(7-12-13-14)9(3)8(2)6-11/h7-9H,4-6,11H2,1-3H3. The normalized spacial score (nSPS) is 15.4. The van der Waals surface area contributed by atoms with E-state index in [9.17, 15) is 0 Å². The molecule has 2 N–H and O–H groups in total. The van der Waals surface area contributed by atoms with Crippen LogP contribution in [0, 0.1) is 5.92 Å². The third-order valence-corrected chi connectivity index (χ3v) is 2.77. The molecule has 0 bridgehead atoms. The number of hydrogen-bond donors (Lipinski definition) is 1. The molecule has 0 fully saturated rings. The summed E-state index contributed by atoms with van der Waals surface area (Å²) >= 11 is 0. The van der Waals surface area contributed by atoms with Gasteiger partial charge >= 0.3 is 0 Å². The highest BCUT2D eigenvalue weighted by Crippen LogP contribution is 2.22. The minimum absolute atomic E-state index is 0.432. The van der Waals surface area contributed by atoms with Crippen LogP contribution in [-0.4, -0.2) is 21.5 Å². The first kappa shape index (κ1) is 11.2. The molecule has 0 aliphatic carbocycles. The number of nitrogens with two attached hydrogens (primary N) is 1. The average Bonchev–Trinajstić information content (AvgIpc) is 2.64. The van der Waals surface area contributed by atoms with E-state index in [1.165, 1.54) is 5.69 Å². The number of rotatable bonds is 5. The zero-order valence-corrected chi connectivity index (χ0v) is 9.27. The van der Waals surface area contributed by atoms with Crippen LogP contribution in [0.4, 0.5) is 0 Å². The summed E-state index contributed by atoms with van der Waals surface area (Å²) in [6.45, 7) is 8.13. The maximum absolute atomic E-state index is 5.65. The zero-order chi connectivity index (χ0) is 10.6. The minimum atomic E-state index is 0.432. The average molecular weight is 196 g/mol. The van der Waals surface area contributed by atoms with Gasteiger partial charge in [-0.1, -0.05) is 26.0 Å². The highest BCUT2D eigenvalue weighted by atomic mass is 15.4. The molecule has 0 radical (unpaired) electrons. The smallest absolute Gasteiger partial charge is 0.0728 e. The molecule has 0 aromatic carbocycles. The summed E-state index contributed by atoms with van der Waals surface area (Å²) < 4.78 is 1.98. The second-order valence-corrected chi connectivity index (χ2v) is 3.88. The molecule has 14 heavy (non-hydrogen) atoms. The molecule has 1 rings (SSSR count). The van der Waals surface area contributed by atoms with Crippen LogP contribution in [0.15, 0.2) is 6.20 Å².